The third-order valence-corrected chi connectivity index (χ3v) is 2.77. The highest BCUT2D eigenvalue weighted by atomic mass is 16.7. The van der Waals surface area contributed by atoms with Gasteiger partial charge in [0.15, 0.2) is 0 Å². The van der Waals surface area contributed by atoms with Crippen LogP contribution in [0.2, 0.25) is 0 Å². The first-order chi connectivity index (χ1) is 9.36. The summed E-state index contributed by atoms with van der Waals surface area (Å²) in [5, 5.41) is 3.97. The molecule has 0 aliphatic heterocycles. The lowest BCUT2D eigenvalue weighted by Gasteiger charge is -2.34. The molecular weight excluding hydrogens is 236 g/mol. The van der Waals surface area contributed by atoms with Crippen LogP contribution in [0.3, 0.4) is 0 Å². The zero-order valence-corrected chi connectivity index (χ0v) is 11.5. The second-order valence-corrected chi connectivity index (χ2v) is 4.07. The second kappa shape index (κ2) is 6.92. The molecule has 0 heterocycles. The number of para-hydroxylation sites is 2. The van der Waals surface area contributed by atoms with Gasteiger partial charge in [0.2, 0.25) is 0 Å². The lowest BCUT2D eigenvalue weighted by atomic mass is 10.2. The summed E-state index contributed by atoms with van der Waals surface area (Å²) in [7, 11) is 0. The van der Waals surface area contributed by atoms with Gasteiger partial charge in [-0.05, 0) is 38.1 Å². The fraction of sp³-hybridized carbons (Fsp3) is 0.250. The van der Waals surface area contributed by atoms with Gasteiger partial charge in [-0.25, -0.2) is 0 Å². The topological polar surface area (TPSA) is 15.7 Å². The van der Waals surface area contributed by atoms with Crippen LogP contribution in [0, 0.1) is 0 Å². The Bertz CT molecular complexity index is 433. The van der Waals surface area contributed by atoms with E-state index in [-0.39, 0.29) is 0 Å². The van der Waals surface area contributed by atoms with Crippen molar-refractivity contribution >= 4 is 11.4 Å². The van der Waals surface area contributed by atoms with Crippen molar-refractivity contribution in [3.63, 3.8) is 0 Å². The van der Waals surface area contributed by atoms with Crippen molar-refractivity contribution in [2.45, 2.75) is 13.8 Å². The largest absolute Gasteiger partial charge is 0.279 e. The third kappa shape index (κ3) is 3.34. The van der Waals surface area contributed by atoms with Crippen LogP contribution in [0.1, 0.15) is 13.8 Å². The molecule has 0 fully saturated rings. The van der Waals surface area contributed by atoms with Crippen molar-refractivity contribution in [2.75, 3.05) is 18.2 Å². The van der Waals surface area contributed by atoms with E-state index in [1.165, 1.54) is 0 Å². The van der Waals surface area contributed by atoms with Gasteiger partial charge in [0.25, 0.3) is 0 Å². The Morgan fingerprint density at radius 3 is 1.63 bits per heavy atom. The molecule has 0 bridgehead atoms. The fourth-order valence-corrected chi connectivity index (χ4v) is 1.98. The highest BCUT2D eigenvalue weighted by Gasteiger charge is 2.16. The Hall–Kier alpha value is -1.84. The Kier molecular flexibility index (Phi) is 4.95. The van der Waals surface area contributed by atoms with Crippen molar-refractivity contribution in [1.29, 1.82) is 0 Å². The maximum Gasteiger partial charge on any atom is 0.0678 e. The summed E-state index contributed by atoms with van der Waals surface area (Å²) in [6.07, 6.45) is 0. The van der Waals surface area contributed by atoms with Gasteiger partial charge in [0.05, 0.1) is 18.0 Å². The minimum atomic E-state index is 0.643. The number of hydrogen-bond acceptors (Lipinski definition) is 3. The number of nitrogens with zero attached hydrogens (tertiary/aromatic N) is 2. The summed E-state index contributed by atoms with van der Waals surface area (Å²) >= 11 is 0. The molecule has 100 valence electrons. The van der Waals surface area contributed by atoms with Crippen LogP contribution in [0.5, 0.6) is 0 Å². The minimum Gasteiger partial charge on any atom is -0.279 e. The predicted molar refractivity (Wildman–Crippen MR) is 79.0 cm³/mol. The number of hydrazine groups is 1. The molecule has 19 heavy (non-hydrogen) atoms. The second-order valence-electron chi connectivity index (χ2n) is 4.07. The number of rotatable bonds is 6. The molecule has 3 heteroatoms. The number of hydroxylamine groups is 1. The summed E-state index contributed by atoms with van der Waals surface area (Å²) in [4.78, 5) is 5.72. The molecule has 3 nitrogen and oxygen atoms in total. The molecule has 0 amide bonds. The Morgan fingerprint density at radius 1 is 0.789 bits per heavy atom. The lowest BCUT2D eigenvalue weighted by Crippen LogP contribution is -2.39. The number of anilines is 2. The molecule has 0 saturated heterocycles. The molecule has 0 N–H and O–H groups in total. The molecule has 0 radical (unpaired) electrons. The maximum atomic E-state index is 5.72. The van der Waals surface area contributed by atoms with E-state index in [0.29, 0.717) is 6.61 Å². The summed E-state index contributed by atoms with van der Waals surface area (Å²) < 4.78 is 0. The molecule has 2 aromatic rings. The van der Waals surface area contributed by atoms with Crippen molar-refractivity contribution in [2.24, 2.45) is 0 Å². The molecule has 0 atom stereocenters. The highest BCUT2D eigenvalue weighted by molar-refractivity contribution is 5.61. The summed E-state index contributed by atoms with van der Waals surface area (Å²) in [5.41, 5.74) is 2.17. The van der Waals surface area contributed by atoms with E-state index in [0.717, 1.165) is 17.9 Å². The van der Waals surface area contributed by atoms with Gasteiger partial charge in [-0.1, -0.05) is 41.6 Å². The van der Waals surface area contributed by atoms with Gasteiger partial charge < -0.3 is 0 Å². The SMILES string of the molecule is CCON(CC)N(c1ccccc1)c1ccccc1. The van der Waals surface area contributed by atoms with Gasteiger partial charge in [-0.3, -0.25) is 9.85 Å². The van der Waals surface area contributed by atoms with Crippen LogP contribution >= 0.6 is 0 Å². The van der Waals surface area contributed by atoms with Gasteiger partial charge in [0, 0.05) is 6.54 Å². The van der Waals surface area contributed by atoms with E-state index >= 15 is 0 Å². The van der Waals surface area contributed by atoms with Crippen molar-refractivity contribution in [1.82, 2.24) is 5.17 Å². The van der Waals surface area contributed by atoms with Gasteiger partial charge in [-0.2, -0.15) is 0 Å². The monoisotopic (exact) mass is 256 g/mol. The van der Waals surface area contributed by atoms with E-state index < -0.39 is 0 Å². The first-order valence-electron chi connectivity index (χ1n) is 6.67. The van der Waals surface area contributed by atoms with Crippen molar-refractivity contribution < 1.29 is 4.84 Å². The number of benzene rings is 2. The highest BCUT2D eigenvalue weighted by Crippen LogP contribution is 2.26. The molecule has 0 saturated carbocycles. The van der Waals surface area contributed by atoms with Crippen molar-refractivity contribution in [3.8, 4) is 0 Å². The summed E-state index contributed by atoms with van der Waals surface area (Å²) in [6.45, 7) is 5.49. The maximum absolute atomic E-state index is 5.72. The average Bonchev–Trinajstić information content (AvgIpc) is 2.49. The Morgan fingerprint density at radius 2 is 1.26 bits per heavy atom. The summed E-state index contributed by atoms with van der Waals surface area (Å²) in [6, 6.07) is 20.5. The smallest absolute Gasteiger partial charge is 0.0678 e. The van der Waals surface area contributed by atoms with Crippen molar-refractivity contribution in [3.05, 3.63) is 60.7 Å². The van der Waals surface area contributed by atoms with E-state index in [2.05, 4.69) is 36.2 Å². The van der Waals surface area contributed by atoms with E-state index in [1.54, 1.807) is 0 Å². The molecule has 0 spiro atoms. The van der Waals surface area contributed by atoms with Crippen LogP contribution in [0.25, 0.3) is 0 Å². The molecule has 0 aromatic heterocycles. The predicted octanol–water partition coefficient (Wildman–Crippen LogP) is 4.01. The standard InChI is InChI=1S/C16H20N2O/c1-3-17(19-4-2)18(15-11-7-5-8-12-15)16-13-9-6-10-14-16/h5-14H,3-4H2,1-2H3. The van der Waals surface area contributed by atoms with E-state index in [9.17, 15) is 0 Å². The number of hydrogen-bond donors (Lipinski definition) is 0. The quantitative estimate of drug-likeness (QED) is 0.726. The first kappa shape index (κ1) is 13.6. The Labute approximate surface area is 115 Å². The van der Waals surface area contributed by atoms with Crippen LogP contribution in [0.4, 0.5) is 11.4 Å². The lowest BCUT2D eigenvalue weighted by molar-refractivity contribution is -0.152. The zero-order chi connectivity index (χ0) is 13.5. The minimum absolute atomic E-state index is 0.643. The van der Waals surface area contributed by atoms with E-state index in [4.69, 9.17) is 4.84 Å². The van der Waals surface area contributed by atoms with Crippen LogP contribution in [0.15, 0.2) is 60.7 Å². The molecule has 0 aliphatic rings. The first-order valence-corrected chi connectivity index (χ1v) is 6.67. The molecule has 0 aliphatic carbocycles. The van der Waals surface area contributed by atoms with Gasteiger partial charge in [0.1, 0.15) is 0 Å². The zero-order valence-electron chi connectivity index (χ0n) is 11.5. The molecular formula is C16H20N2O. The Balaban J connectivity index is 2.38. The molecule has 2 rings (SSSR count). The fourth-order valence-electron chi connectivity index (χ4n) is 1.98. The van der Waals surface area contributed by atoms with Gasteiger partial charge in [-0.15, -0.1) is 0 Å². The van der Waals surface area contributed by atoms with Gasteiger partial charge >= 0.3 is 0 Å². The summed E-state index contributed by atoms with van der Waals surface area (Å²) in [5.74, 6) is 0. The van der Waals surface area contributed by atoms with Crippen LogP contribution in [-0.2, 0) is 4.84 Å². The average molecular weight is 256 g/mol. The van der Waals surface area contributed by atoms with Crippen LogP contribution < -0.4 is 5.01 Å². The molecule has 0 unspecified atom stereocenters. The normalized spacial score (nSPS) is 10.7. The van der Waals surface area contributed by atoms with E-state index in [1.807, 2.05) is 48.5 Å². The molecule has 2 aromatic carbocycles. The third-order valence-electron chi connectivity index (χ3n) is 2.77. The van der Waals surface area contributed by atoms with Crippen LogP contribution in [-0.4, -0.2) is 18.3 Å².